The molecule has 2 aromatic rings. The maximum Gasteiger partial charge on any atom is 0.339 e. The molecule has 2 amide bonds. The summed E-state index contributed by atoms with van der Waals surface area (Å²) in [6.07, 6.45) is 4.55. The molecule has 0 saturated carbocycles. The van der Waals surface area contributed by atoms with Crippen molar-refractivity contribution >= 4 is 23.5 Å². The summed E-state index contributed by atoms with van der Waals surface area (Å²) in [4.78, 5) is 43.0. The van der Waals surface area contributed by atoms with Crippen molar-refractivity contribution in [3.8, 4) is 0 Å². The maximum absolute atomic E-state index is 12.7. The van der Waals surface area contributed by atoms with Crippen LogP contribution in [0.1, 0.15) is 57.8 Å². The lowest BCUT2D eigenvalue weighted by atomic mass is 10.1. The van der Waals surface area contributed by atoms with Gasteiger partial charge in [0.05, 0.1) is 29.5 Å². The number of carbonyl (C=O) groups excluding carboxylic acids is 3. The number of nitrogens with zero attached hydrogens (tertiary/aromatic N) is 2. The number of nitrogens with one attached hydrogen (secondary N) is 1. The number of carbonyl (C=O) groups is 3. The number of rotatable bonds is 8. The summed E-state index contributed by atoms with van der Waals surface area (Å²) >= 11 is 0. The Morgan fingerprint density at radius 2 is 1.68 bits per heavy atom. The zero-order chi connectivity index (χ0) is 20.5. The molecule has 0 saturated heterocycles. The van der Waals surface area contributed by atoms with Gasteiger partial charge in [0.15, 0.2) is 0 Å². The van der Waals surface area contributed by atoms with Crippen molar-refractivity contribution in [2.45, 2.75) is 26.7 Å². The van der Waals surface area contributed by atoms with Gasteiger partial charge in [0.25, 0.3) is 11.8 Å². The molecule has 0 aliphatic rings. The molecule has 0 unspecified atom stereocenters. The van der Waals surface area contributed by atoms with E-state index in [0.29, 0.717) is 24.3 Å². The van der Waals surface area contributed by atoms with Gasteiger partial charge in [-0.2, -0.15) is 0 Å². The fourth-order valence-electron chi connectivity index (χ4n) is 2.79. The fourth-order valence-corrected chi connectivity index (χ4v) is 2.79. The van der Waals surface area contributed by atoms with Crippen molar-refractivity contribution in [1.29, 1.82) is 0 Å². The molecule has 0 bridgehead atoms. The number of pyridine rings is 1. The summed E-state index contributed by atoms with van der Waals surface area (Å²) in [5, 5.41) is 2.68. The highest BCUT2D eigenvalue weighted by Crippen LogP contribution is 2.17. The molecule has 7 nitrogen and oxygen atoms in total. The van der Waals surface area contributed by atoms with E-state index in [1.165, 1.54) is 25.6 Å². The van der Waals surface area contributed by atoms with Crippen molar-refractivity contribution in [3.05, 3.63) is 59.4 Å². The standard InChI is InChI=1S/C21H25N3O4/c1-4-10-24(11-5-2)20(26)16-12-15(13-22-14-16)19(25)23-18-9-7-6-8-17(18)21(27)28-3/h6-9,12-14H,4-5,10-11H2,1-3H3,(H,23,25). The number of methoxy groups -OCH3 is 1. The third-order valence-corrected chi connectivity index (χ3v) is 4.10. The van der Waals surface area contributed by atoms with E-state index in [1.807, 2.05) is 13.8 Å². The molecule has 148 valence electrons. The molecule has 0 radical (unpaired) electrons. The third-order valence-electron chi connectivity index (χ3n) is 4.10. The predicted molar refractivity (Wildman–Crippen MR) is 106 cm³/mol. The van der Waals surface area contributed by atoms with Crippen molar-refractivity contribution < 1.29 is 19.1 Å². The van der Waals surface area contributed by atoms with Gasteiger partial charge in [-0.1, -0.05) is 26.0 Å². The number of aromatic nitrogens is 1. The molecule has 0 aliphatic heterocycles. The van der Waals surface area contributed by atoms with Crippen LogP contribution in [-0.4, -0.2) is 47.9 Å². The van der Waals surface area contributed by atoms with E-state index in [2.05, 4.69) is 10.3 Å². The molecule has 1 aromatic heterocycles. The Labute approximate surface area is 164 Å². The van der Waals surface area contributed by atoms with E-state index in [-0.39, 0.29) is 17.0 Å². The van der Waals surface area contributed by atoms with Crippen LogP contribution in [0, 0.1) is 0 Å². The highest BCUT2D eigenvalue weighted by Gasteiger charge is 2.18. The lowest BCUT2D eigenvalue weighted by molar-refractivity contribution is 0.0601. The quantitative estimate of drug-likeness (QED) is 0.706. The molecule has 2 rings (SSSR count). The highest BCUT2D eigenvalue weighted by molar-refractivity contribution is 6.08. The minimum absolute atomic E-state index is 0.152. The molecule has 1 N–H and O–H groups in total. The average molecular weight is 383 g/mol. The first-order valence-corrected chi connectivity index (χ1v) is 9.24. The number of hydrogen-bond donors (Lipinski definition) is 1. The predicted octanol–water partition coefficient (Wildman–Crippen LogP) is 3.38. The monoisotopic (exact) mass is 383 g/mol. The Hall–Kier alpha value is -3.22. The smallest absolute Gasteiger partial charge is 0.339 e. The van der Waals surface area contributed by atoms with E-state index >= 15 is 0 Å². The van der Waals surface area contributed by atoms with Crippen LogP contribution in [0.4, 0.5) is 5.69 Å². The van der Waals surface area contributed by atoms with Crippen LogP contribution in [-0.2, 0) is 4.74 Å². The molecule has 0 spiro atoms. The Morgan fingerprint density at radius 3 is 2.32 bits per heavy atom. The normalized spacial score (nSPS) is 10.2. The molecule has 28 heavy (non-hydrogen) atoms. The second-order valence-electron chi connectivity index (χ2n) is 6.25. The number of para-hydroxylation sites is 1. The van der Waals surface area contributed by atoms with E-state index in [9.17, 15) is 14.4 Å². The van der Waals surface area contributed by atoms with Crippen LogP contribution in [0.25, 0.3) is 0 Å². The molecule has 1 heterocycles. The number of esters is 1. The van der Waals surface area contributed by atoms with Crippen LogP contribution in [0.2, 0.25) is 0 Å². The van der Waals surface area contributed by atoms with Crippen molar-refractivity contribution in [2.75, 3.05) is 25.5 Å². The van der Waals surface area contributed by atoms with Gasteiger partial charge in [0, 0.05) is 25.5 Å². The SMILES string of the molecule is CCCN(CCC)C(=O)c1cncc(C(=O)Nc2ccccc2C(=O)OC)c1. The maximum atomic E-state index is 12.7. The average Bonchev–Trinajstić information content (AvgIpc) is 2.73. The van der Waals surface area contributed by atoms with Gasteiger partial charge in [-0.25, -0.2) is 4.79 Å². The topological polar surface area (TPSA) is 88.6 Å². The number of anilines is 1. The molecule has 0 fully saturated rings. The Morgan fingerprint density at radius 1 is 1.04 bits per heavy atom. The Bertz CT molecular complexity index is 845. The fraction of sp³-hybridized carbons (Fsp3) is 0.333. The molecule has 1 aromatic carbocycles. The van der Waals surface area contributed by atoms with Crippen molar-refractivity contribution in [3.63, 3.8) is 0 Å². The minimum Gasteiger partial charge on any atom is -0.465 e. The second kappa shape index (κ2) is 10.2. The van der Waals surface area contributed by atoms with Gasteiger partial charge in [-0.3, -0.25) is 14.6 Å². The van der Waals surface area contributed by atoms with Crippen LogP contribution < -0.4 is 5.32 Å². The summed E-state index contributed by atoms with van der Waals surface area (Å²) in [6.45, 7) is 5.32. The number of ether oxygens (including phenoxy) is 1. The van der Waals surface area contributed by atoms with Gasteiger partial charge in [0.1, 0.15) is 0 Å². The lowest BCUT2D eigenvalue weighted by Gasteiger charge is -2.21. The zero-order valence-corrected chi connectivity index (χ0v) is 16.4. The van der Waals surface area contributed by atoms with Gasteiger partial charge in [-0.05, 0) is 31.0 Å². The first-order valence-electron chi connectivity index (χ1n) is 9.24. The third kappa shape index (κ3) is 5.16. The van der Waals surface area contributed by atoms with Crippen LogP contribution in [0.15, 0.2) is 42.7 Å². The number of benzene rings is 1. The lowest BCUT2D eigenvalue weighted by Crippen LogP contribution is -2.32. The number of hydrogen-bond acceptors (Lipinski definition) is 5. The molecule has 0 aliphatic carbocycles. The molecule has 0 atom stereocenters. The summed E-state index contributed by atoms with van der Waals surface area (Å²) in [6, 6.07) is 8.07. The number of amides is 2. The van der Waals surface area contributed by atoms with Crippen LogP contribution in [0.5, 0.6) is 0 Å². The summed E-state index contributed by atoms with van der Waals surface area (Å²) in [5.41, 5.74) is 1.17. The van der Waals surface area contributed by atoms with Crippen LogP contribution >= 0.6 is 0 Å². The Kier molecular flexibility index (Phi) is 7.68. The molecule has 7 heteroatoms. The summed E-state index contributed by atoms with van der Waals surface area (Å²) in [5.74, 6) is -1.16. The van der Waals surface area contributed by atoms with Gasteiger partial charge in [0.2, 0.25) is 0 Å². The van der Waals surface area contributed by atoms with E-state index < -0.39 is 11.9 Å². The van der Waals surface area contributed by atoms with Gasteiger partial charge >= 0.3 is 5.97 Å². The summed E-state index contributed by atoms with van der Waals surface area (Å²) in [7, 11) is 1.28. The van der Waals surface area contributed by atoms with Crippen LogP contribution in [0.3, 0.4) is 0 Å². The van der Waals surface area contributed by atoms with Crippen molar-refractivity contribution in [2.24, 2.45) is 0 Å². The van der Waals surface area contributed by atoms with E-state index in [1.54, 1.807) is 29.2 Å². The minimum atomic E-state index is -0.548. The largest absolute Gasteiger partial charge is 0.465 e. The zero-order valence-electron chi connectivity index (χ0n) is 16.4. The Balaban J connectivity index is 2.23. The van der Waals surface area contributed by atoms with Gasteiger partial charge in [-0.15, -0.1) is 0 Å². The first kappa shape index (κ1) is 21.1. The summed E-state index contributed by atoms with van der Waals surface area (Å²) < 4.78 is 4.73. The molecular formula is C21H25N3O4. The van der Waals surface area contributed by atoms with Crippen molar-refractivity contribution in [1.82, 2.24) is 9.88 Å². The first-order chi connectivity index (χ1) is 13.5. The van der Waals surface area contributed by atoms with E-state index in [0.717, 1.165) is 12.8 Å². The highest BCUT2D eigenvalue weighted by atomic mass is 16.5. The second-order valence-corrected chi connectivity index (χ2v) is 6.25. The van der Waals surface area contributed by atoms with Gasteiger partial charge < -0.3 is 15.0 Å². The molecular weight excluding hydrogens is 358 g/mol. The van der Waals surface area contributed by atoms with E-state index in [4.69, 9.17) is 4.74 Å².